The Morgan fingerprint density at radius 3 is 2.46 bits per heavy atom. The summed E-state index contributed by atoms with van der Waals surface area (Å²) in [5.74, 6) is -0.749. The molecular weight excluding hydrogens is 310 g/mol. The van der Waals surface area contributed by atoms with Crippen molar-refractivity contribution in [3.8, 4) is 0 Å². The number of hydrogen-bond donors (Lipinski definition) is 2. The topological polar surface area (TPSA) is 96.3 Å². The van der Waals surface area contributed by atoms with E-state index in [1.165, 1.54) is 0 Å². The molecule has 1 aliphatic heterocycles. The predicted molar refractivity (Wildman–Crippen MR) is 88.2 cm³/mol. The highest BCUT2D eigenvalue weighted by molar-refractivity contribution is 6.08. The highest BCUT2D eigenvalue weighted by Crippen LogP contribution is 2.22. The third-order valence-corrected chi connectivity index (χ3v) is 4.73. The number of hydrogen-bond acceptors (Lipinski definition) is 4. The number of urea groups is 1. The fraction of sp³-hybridized carbons (Fsp3) is 0.625. The molecule has 2 heterocycles. The van der Waals surface area contributed by atoms with Gasteiger partial charge in [0, 0.05) is 18.3 Å². The van der Waals surface area contributed by atoms with Crippen molar-refractivity contribution in [3.05, 3.63) is 17.0 Å². The number of nitrogens with zero attached hydrogens (tertiary/aromatic N) is 3. The molecular formula is C16H25N5O3. The number of aryl methyl sites for hydroxylation is 2. The molecule has 0 aromatic carbocycles. The lowest BCUT2D eigenvalue weighted by Crippen LogP contribution is -2.45. The van der Waals surface area contributed by atoms with E-state index in [2.05, 4.69) is 15.7 Å². The van der Waals surface area contributed by atoms with Crippen LogP contribution in [-0.4, -0.2) is 44.6 Å². The van der Waals surface area contributed by atoms with Gasteiger partial charge in [0.1, 0.15) is 12.1 Å². The molecule has 8 heteroatoms. The Balaban J connectivity index is 2.06. The van der Waals surface area contributed by atoms with Crippen LogP contribution in [0.25, 0.3) is 0 Å². The van der Waals surface area contributed by atoms with Gasteiger partial charge in [-0.15, -0.1) is 0 Å². The van der Waals surface area contributed by atoms with Crippen LogP contribution in [0.5, 0.6) is 0 Å². The SMILES string of the molecule is CC[C@@]1(C)NC(=O)N(CC(=O)N[C@@H](C)c2c(C)nn(C)c2C)C1=O. The van der Waals surface area contributed by atoms with Crippen molar-refractivity contribution in [2.45, 2.75) is 52.6 Å². The highest BCUT2D eigenvalue weighted by Gasteiger charge is 2.47. The second-order valence-corrected chi connectivity index (χ2v) is 6.50. The number of carbonyl (C=O) groups is 3. The van der Waals surface area contributed by atoms with E-state index in [0.717, 1.165) is 21.9 Å². The van der Waals surface area contributed by atoms with Crippen LogP contribution in [0.1, 0.15) is 50.2 Å². The Morgan fingerprint density at radius 1 is 1.38 bits per heavy atom. The van der Waals surface area contributed by atoms with Crippen molar-refractivity contribution >= 4 is 17.8 Å². The van der Waals surface area contributed by atoms with Crippen molar-refractivity contribution in [2.24, 2.45) is 7.05 Å². The van der Waals surface area contributed by atoms with Crippen LogP contribution < -0.4 is 10.6 Å². The second-order valence-electron chi connectivity index (χ2n) is 6.50. The van der Waals surface area contributed by atoms with E-state index in [0.29, 0.717) is 6.42 Å². The van der Waals surface area contributed by atoms with Gasteiger partial charge >= 0.3 is 6.03 Å². The molecule has 0 saturated carbocycles. The maximum absolute atomic E-state index is 12.3. The number of rotatable bonds is 5. The van der Waals surface area contributed by atoms with Crippen LogP contribution in [0, 0.1) is 13.8 Å². The molecule has 0 aliphatic carbocycles. The summed E-state index contributed by atoms with van der Waals surface area (Å²) in [6.07, 6.45) is 0.472. The molecule has 1 aromatic rings. The number of imide groups is 1. The molecule has 1 aliphatic rings. The van der Waals surface area contributed by atoms with Crippen LogP contribution in [0.4, 0.5) is 4.79 Å². The number of aromatic nitrogens is 2. The van der Waals surface area contributed by atoms with Gasteiger partial charge < -0.3 is 10.6 Å². The normalized spacial score (nSPS) is 21.8. The maximum Gasteiger partial charge on any atom is 0.325 e. The molecule has 0 radical (unpaired) electrons. The summed E-state index contributed by atoms with van der Waals surface area (Å²) < 4.78 is 1.76. The van der Waals surface area contributed by atoms with E-state index in [1.807, 2.05) is 34.7 Å². The van der Waals surface area contributed by atoms with E-state index in [1.54, 1.807) is 11.6 Å². The van der Waals surface area contributed by atoms with Crippen molar-refractivity contribution in [1.82, 2.24) is 25.3 Å². The van der Waals surface area contributed by atoms with Gasteiger partial charge in [0.2, 0.25) is 5.91 Å². The first kappa shape index (κ1) is 18.0. The predicted octanol–water partition coefficient (Wildman–Crippen LogP) is 0.935. The smallest absolute Gasteiger partial charge is 0.325 e. The summed E-state index contributed by atoms with van der Waals surface area (Å²) in [5.41, 5.74) is 1.83. The Labute approximate surface area is 141 Å². The average Bonchev–Trinajstić information content (AvgIpc) is 2.87. The van der Waals surface area contributed by atoms with Crippen LogP contribution in [0.3, 0.4) is 0 Å². The monoisotopic (exact) mass is 335 g/mol. The standard InChI is InChI=1S/C16H25N5O3/c1-7-16(5)14(23)21(15(24)18-16)8-12(22)17-9(2)13-10(3)19-20(6)11(13)4/h9H,7-8H2,1-6H3,(H,17,22)(H,18,24)/t9-,16+/m0/s1. The summed E-state index contributed by atoms with van der Waals surface area (Å²) in [6, 6.07) is -0.787. The molecule has 0 unspecified atom stereocenters. The minimum absolute atomic E-state index is 0.260. The van der Waals surface area contributed by atoms with E-state index in [-0.39, 0.29) is 24.4 Å². The molecule has 2 rings (SSSR count). The molecule has 1 aromatic heterocycles. The Hall–Kier alpha value is -2.38. The molecule has 0 spiro atoms. The van der Waals surface area contributed by atoms with Crippen LogP contribution in [0.2, 0.25) is 0 Å². The third-order valence-electron chi connectivity index (χ3n) is 4.73. The Bertz CT molecular complexity index is 696. The van der Waals surface area contributed by atoms with Crippen LogP contribution in [0.15, 0.2) is 0 Å². The minimum atomic E-state index is -0.931. The molecule has 0 bridgehead atoms. The van der Waals surface area contributed by atoms with Crippen LogP contribution >= 0.6 is 0 Å². The molecule has 1 saturated heterocycles. The van der Waals surface area contributed by atoms with Gasteiger partial charge in [-0.1, -0.05) is 6.92 Å². The van der Waals surface area contributed by atoms with Crippen molar-refractivity contribution in [2.75, 3.05) is 6.54 Å². The first-order valence-corrected chi connectivity index (χ1v) is 8.04. The van der Waals surface area contributed by atoms with Crippen molar-refractivity contribution in [3.63, 3.8) is 0 Å². The minimum Gasteiger partial charge on any atom is -0.348 e. The second kappa shape index (κ2) is 6.26. The van der Waals surface area contributed by atoms with Gasteiger partial charge in [0.25, 0.3) is 5.91 Å². The zero-order valence-corrected chi connectivity index (χ0v) is 15.1. The fourth-order valence-electron chi connectivity index (χ4n) is 3.05. The maximum atomic E-state index is 12.3. The van der Waals surface area contributed by atoms with E-state index in [9.17, 15) is 14.4 Å². The van der Waals surface area contributed by atoms with Gasteiger partial charge in [-0.3, -0.25) is 19.2 Å². The van der Waals surface area contributed by atoms with Crippen molar-refractivity contribution < 1.29 is 14.4 Å². The van der Waals surface area contributed by atoms with Gasteiger partial charge in [-0.2, -0.15) is 5.10 Å². The summed E-state index contributed by atoms with van der Waals surface area (Å²) in [6.45, 7) is 8.87. The molecule has 132 valence electrons. The molecule has 2 N–H and O–H groups in total. The summed E-state index contributed by atoms with van der Waals surface area (Å²) >= 11 is 0. The fourth-order valence-corrected chi connectivity index (χ4v) is 3.05. The molecule has 8 nitrogen and oxygen atoms in total. The van der Waals surface area contributed by atoms with Gasteiger partial charge in [-0.05, 0) is 34.1 Å². The first-order chi connectivity index (χ1) is 11.1. The quantitative estimate of drug-likeness (QED) is 0.783. The molecule has 1 fully saturated rings. The van der Waals surface area contributed by atoms with Gasteiger partial charge in [-0.25, -0.2) is 4.79 Å². The lowest BCUT2D eigenvalue weighted by atomic mass is 9.99. The van der Waals surface area contributed by atoms with Gasteiger partial charge in [0.05, 0.1) is 11.7 Å². The first-order valence-electron chi connectivity index (χ1n) is 8.04. The lowest BCUT2D eigenvalue weighted by Gasteiger charge is -2.20. The lowest BCUT2D eigenvalue weighted by molar-refractivity contribution is -0.134. The number of amides is 4. The van der Waals surface area contributed by atoms with E-state index >= 15 is 0 Å². The average molecular weight is 335 g/mol. The number of nitrogens with one attached hydrogen (secondary N) is 2. The Kier molecular flexibility index (Phi) is 4.68. The summed E-state index contributed by atoms with van der Waals surface area (Å²) in [4.78, 5) is 37.5. The summed E-state index contributed by atoms with van der Waals surface area (Å²) in [7, 11) is 1.85. The third kappa shape index (κ3) is 3.00. The zero-order valence-electron chi connectivity index (χ0n) is 15.1. The highest BCUT2D eigenvalue weighted by atomic mass is 16.2. The zero-order chi connectivity index (χ0) is 18.2. The summed E-state index contributed by atoms with van der Waals surface area (Å²) in [5, 5.41) is 9.81. The number of carbonyl (C=O) groups excluding carboxylic acids is 3. The van der Waals surface area contributed by atoms with Gasteiger partial charge in [0.15, 0.2) is 0 Å². The Morgan fingerprint density at radius 2 is 2.00 bits per heavy atom. The van der Waals surface area contributed by atoms with Crippen molar-refractivity contribution in [1.29, 1.82) is 0 Å². The molecule has 4 amide bonds. The molecule has 24 heavy (non-hydrogen) atoms. The molecule has 2 atom stereocenters. The van der Waals surface area contributed by atoms with E-state index < -0.39 is 11.6 Å². The van der Waals surface area contributed by atoms with Crippen LogP contribution in [-0.2, 0) is 16.6 Å². The largest absolute Gasteiger partial charge is 0.348 e. The van der Waals surface area contributed by atoms with E-state index in [4.69, 9.17) is 0 Å².